The maximum Gasteiger partial charge on any atom is 0.416 e. The Balaban J connectivity index is 1.50. The predicted molar refractivity (Wildman–Crippen MR) is 107 cm³/mol. The summed E-state index contributed by atoms with van der Waals surface area (Å²) in [5, 5.41) is 0.570. The molecule has 3 aliphatic rings. The van der Waals surface area contributed by atoms with Crippen molar-refractivity contribution in [2.75, 3.05) is 13.1 Å². The van der Waals surface area contributed by atoms with Crippen LogP contribution in [0.4, 0.5) is 18.0 Å². The highest BCUT2D eigenvalue weighted by Crippen LogP contribution is 2.38. The van der Waals surface area contributed by atoms with E-state index in [1.54, 1.807) is 23.2 Å². The van der Waals surface area contributed by atoms with E-state index in [9.17, 15) is 18.0 Å². The van der Waals surface area contributed by atoms with Crippen molar-refractivity contribution in [3.05, 3.63) is 82.6 Å². The van der Waals surface area contributed by atoms with E-state index in [2.05, 4.69) is 0 Å². The Kier molecular flexibility index (Phi) is 5.64. The van der Waals surface area contributed by atoms with Gasteiger partial charge in [-0.1, -0.05) is 35.9 Å². The molecule has 1 fully saturated rings. The van der Waals surface area contributed by atoms with Crippen LogP contribution in [0.5, 0.6) is 0 Å². The molecule has 2 heterocycles. The molecule has 0 aromatic heterocycles. The molecule has 4 rings (SSSR count). The minimum absolute atomic E-state index is 0.229. The third-order valence-electron chi connectivity index (χ3n) is 5.47. The van der Waals surface area contributed by atoms with Gasteiger partial charge in [-0.25, -0.2) is 4.79 Å². The molecule has 1 aromatic rings. The van der Waals surface area contributed by atoms with Crippen molar-refractivity contribution in [3.63, 3.8) is 0 Å². The van der Waals surface area contributed by atoms with Gasteiger partial charge >= 0.3 is 12.2 Å². The van der Waals surface area contributed by atoms with Gasteiger partial charge in [0.15, 0.2) is 0 Å². The van der Waals surface area contributed by atoms with Crippen LogP contribution in [0.3, 0.4) is 0 Å². The van der Waals surface area contributed by atoms with Gasteiger partial charge < -0.3 is 9.64 Å². The summed E-state index contributed by atoms with van der Waals surface area (Å²) in [6, 6.07) is 5.27. The Bertz CT molecular complexity index is 965. The monoisotopic (exact) mass is 436 g/mol. The summed E-state index contributed by atoms with van der Waals surface area (Å²) in [6.07, 6.45) is 5.86. The first-order valence-corrected chi connectivity index (χ1v) is 10.1. The second-order valence-electron chi connectivity index (χ2n) is 7.37. The van der Waals surface area contributed by atoms with Gasteiger partial charge in [0.05, 0.1) is 11.8 Å². The van der Waals surface area contributed by atoms with Crippen LogP contribution < -0.4 is 0 Å². The normalized spacial score (nSPS) is 21.7. The number of benzene rings is 1. The highest BCUT2D eigenvalue weighted by Gasteiger charge is 2.38. The first kappa shape index (κ1) is 20.6. The van der Waals surface area contributed by atoms with E-state index < -0.39 is 11.7 Å². The van der Waals surface area contributed by atoms with Crippen LogP contribution in [-0.4, -0.2) is 28.9 Å². The third-order valence-corrected chi connectivity index (χ3v) is 5.82. The van der Waals surface area contributed by atoms with E-state index in [1.807, 2.05) is 6.08 Å². The van der Waals surface area contributed by atoms with Crippen LogP contribution in [0, 0.1) is 0 Å². The Hall–Kier alpha value is -2.67. The first-order valence-electron chi connectivity index (χ1n) is 9.68. The fourth-order valence-corrected chi connectivity index (χ4v) is 4.25. The maximum absolute atomic E-state index is 13.4. The zero-order chi connectivity index (χ0) is 21.3. The second kappa shape index (κ2) is 8.22. The standard InChI is InChI=1S/C22H20ClF3N2O2/c23-19-8-4-2-6-17(19)20-14-28(11-12-30-20)21(29)27-10-9-15(13-27)16-5-1-3-7-18(16)22(24,25)26/h1,3-5,7-8,11-12,14-15H,2,6,9-10,13H2. The molecule has 158 valence electrons. The molecule has 0 spiro atoms. The molecule has 1 aliphatic carbocycles. The van der Waals surface area contributed by atoms with Crippen molar-refractivity contribution in [1.29, 1.82) is 0 Å². The third kappa shape index (κ3) is 4.12. The molecular formula is C22H20ClF3N2O2. The first-order chi connectivity index (χ1) is 14.3. The number of likely N-dealkylation sites (tertiary alicyclic amines) is 1. The molecule has 1 aromatic carbocycles. The van der Waals surface area contributed by atoms with E-state index in [0.717, 1.165) is 18.1 Å². The van der Waals surface area contributed by atoms with Crippen molar-refractivity contribution < 1.29 is 22.7 Å². The number of carbonyl (C=O) groups excluding carboxylic acids is 1. The lowest BCUT2D eigenvalue weighted by Gasteiger charge is -2.27. The summed E-state index contributed by atoms with van der Waals surface area (Å²) in [6.45, 7) is 0.614. The number of carbonyl (C=O) groups is 1. The van der Waals surface area contributed by atoms with Crippen LogP contribution in [0.25, 0.3) is 0 Å². The van der Waals surface area contributed by atoms with Crippen LogP contribution in [0.1, 0.15) is 36.3 Å². The molecule has 4 nitrogen and oxygen atoms in total. The summed E-state index contributed by atoms with van der Waals surface area (Å²) in [7, 11) is 0. The van der Waals surface area contributed by atoms with Crippen molar-refractivity contribution in [1.82, 2.24) is 9.80 Å². The summed E-state index contributed by atoms with van der Waals surface area (Å²) < 4.78 is 45.6. The number of allylic oxidation sites excluding steroid dienone is 4. The van der Waals surface area contributed by atoms with E-state index in [0.29, 0.717) is 30.2 Å². The molecule has 1 atom stereocenters. The molecule has 8 heteroatoms. The number of hydrogen-bond donors (Lipinski definition) is 0. The Labute approximate surface area is 177 Å². The zero-order valence-corrected chi connectivity index (χ0v) is 16.8. The van der Waals surface area contributed by atoms with Gasteiger partial charge in [0, 0.05) is 35.8 Å². The smallest absolute Gasteiger partial charge is 0.416 e. The number of urea groups is 1. The van der Waals surface area contributed by atoms with E-state index in [1.165, 1.54) is 29.5 Å². The molecule has 30 heavy (non-hydrogen) atoms. The highest BCUT2D eigenvalue weighted by molar-refractivity contribution is 6.31. The van der Waals surface area contributed by atoms with Crippen molar-refractivity contribution in [2.24, 2.45) is 0 Å². The lowest BCUT2D eigenvalue weighted by molar-refractivity contribution is -0.138. The molecule has 0 bridgehead atoms. The van der Waals surface area contributed by atoms with Crippen LogP contribution in [0.15, 0.2) is 71.4 Å². The lowest BCUT2D eigenvalue weighted by atomic mass is 9.93. The van der Waals surface area contributed by atoms with Gasteiger partial charge in [-0.3, -0.25) is 4.90 Å². The van der Waals surface area contributed by atoms with Gasteiger partial charge in [0.25, 0.3) is 0 Å². The fraction of sp³-hybridized carbons (Fsp3) is 0.318. The highest BCUT2D eigenvalue weighted by atomic mass is 35.5. The fourth-order valence-electron chi connectivity index (χ4n) is 3.97. The molecule has 0 radical (unpaired) electrons. The number of nitrogens with zero attached hydrogens (tertiary/aromatic N) is 2. The number of alkyl halides is 3. The minimum Gasteiger partial charge on any atom is -0.462 e. The van der Waals surface area contributed by atoms with Crippen LogP contribution in [-0.2, 0) is 10.9 Å². The maximum atomic E-state index is 13.4. The minimum atomic E-state index is -4.42. The number of rotatable bonds is 2. The van der Waals surface area contributed by atoms with Crippen molar-refractivity contribution >= 4 is 17.6 Å². The van der Waals surface area contributed by atoms with E-state index in [4.69, 9.17) is 16.3 Å². The summed E-state index contributed by atoms with van der Waals surface area (Å²) in [4.78, 5) is 15.9. The summed E-state index contributed by atoms with van der Waals surface area (Å²) >= 11 is 6.25. The van der Waals surface area contributed by atoms with Gasteiger partial charge in [0.1, 0.15) is 12.0 Å². The topological polar surface area (TPSA) is 32.8 Å². The van der Waals surface area contributed by atoms with Crippen LogP contribution >= 0.6 is 11.6 Å². The Morgan fingerprint density at radius 2 is 2.03 bits per heavy atom. The molecule has 0 N–H and O–H groups in total. The average Bonchev–Trinajstić information content (AvgIpc) is 3.23. The SMILES string of the molecule is O=C(N1C=COC(C2=C(Cl)C=CCC2)=C1)N1CCC(c2ccccc2C(F)(F)F)C1. The quantitative estimate of drug-likeness (QED) is 0.561. The van der Waals surface area contributed by atoms with E-state index >= 15 is 0 Å². The molecular weight excluding hydrogens is 417 g/mol. The Morgan fingerprint density at radius 3 is 2.80 bits per heavy atom. The summed E-state index contributed by atoms with van der Waals surface area (Å²) in [5.41, 5.74) is 0.421. The second-order valence-corrected chi connectivity index (χ2v) is 7.78. The molecule has 1 saturated heterocycles. The van der Waals surface area contributed by atoms with E-state index in [-0.39, 0.29) is 24.1 Å². The number of halogens is 4. The molecule has 0 saturated carbocycles. The number of ether oxygens (including phenoxy) is 1. The van der Waals surface area contributed by atoms with Crippen molar-refractivity contribution in [3.8, 4) is 0 Å². The van der Waals surface area contributed by atoms with Gasteiger partial charge in [-0.05, 0) is 37.0 Å². The number of hydrogen-bond acceptors (Lipinski definition) is 2. The van der Waals surface area contributed by atoms with Gasteiger partial charge in [0.2, 0.25) is 0 Å². The summed E-state index contributed by atoms with van der Waals surface area (Å²) in [5.74, 6) is 0.138. The predicted octanol–water partition coefficient (Wildman–Crippen LogP) is 6.10. The zero-order valence-electron chi connectivity index (χ0n) is 16.0. The van der Waals surface area contributed by atoms with Gasteiger partial charge in [-0.15, -0.1) is 0 Å². The lowest BCUT2D eigenvalue weighted by Crippen LogP contribution is -2.37. The van der Waals surface area contributed by atoms with Crippen molar-refractivity contribution in [2.45, 2.75) is 31.4 Å². The molecule has 1 unspecified atom stereocenters. The Morgan fingerprint density at radius 1 is 1.23 bits per heavy atom. The molecule has 2 aliphatic heterocycles. The molecule has 2 amide bonds. The average molecular weight is 437 g/mol. The van der Waals surface area contributed by atoms with Crippen LogP contribution in [0.2, 0.25) is 0 Å². The largest absolute Gasteiger partial charge is 0.462 e. The number of amides is 2. The van der Waals surface area contributed by atoms with Gasteiger partial charge in [-0.2, -0.15) is 13.2 Å².